The molecule has 0 saturated heterocycles. The molecule has 0 saturated carbocycles. The molecule has 1 aliphatic heterocycles. The third kappa shape index (κ3) is 2.40. The van der Waals surface area contributed by atoms with Crippen molar-refractivity contribution < 1.29 is 4.79 Å². The van der Waals surface area contributed by atoms with Crippen LogP contribution in [0.5, 0.6) is 0 Å². The Morgan fingerprint density at radius 1 is 1.09 bits per heavy atom. The van der Waals surface area contributed by atoms with E-state index < -0.39 is 0 Å². The monoisotopic (exact) mass is 308 g/mol. The Morgan fingerprint density at radius 2 is 1.91 bits per heavy atom. The Hall–Kier alpha value is -2.96. The van der Waals surface area contributed by atoms with Crippen molar-refractivity contribution in [1.29, 1.82) is 0 Å². The number of carbonyl (C=O) groups is 1. The van der Waals surface area contributed by atoms with Crippen LogP contribution in [0, 0.1) is 6.92 Å². The number of benzene rings is 1. The maximum absolute atomic E-state index is 12.7. The average molecular weight is 308 g/mol. The first-order valence-electron chi connectivity index (χ1n) is 7.51. The van der Waals surface area contributed by atoms with Crippen LogP contribution in [0.15, 0.2) is 42.6 Å². The number of hydrogen-bond acceptors (Lipinski definition) is 4. The Bertz CT molecular complexity index is 851. The SMILES string of the molecule is Cc1nnc2n1CCN(C(=O)c1ccn(-c3ccccc3)n1)C2. The molecule has 0 bridgehead atoms. The van der Waals surface area contributed by atoms with Crippen LogP contribution in [0.4, 0.5) is 0 Å². The molecule has 0 radical (unpaired) electrons. The van der Waals surface area contributed by atoms with Gasteiger partial charge in [-0.2, -0.15) is 5.10 Å². The first-order valence-corrected chi connectivity index (χ1v) is 7.51. The summed E-state index contributed by atoms with van der Waals surface area (Å²) < 4.78 is 3.76. The highest BCUT2D eigenvalue weighted by molar-refractivity contribution is 5.92. The van der Waals surface area contributed by atoms with Crippen LogP contribution in [0.2, 0.25) is 0 Å². The summed E-state index contributed by atoms with van der Waals surface area (Å²) in [6.45, 7) is 3.76. The Labute approximate surface area is 133 Å². The molecule has 0 unspecified atom stereocenters. The molecule has 1 amide bonds. The molecule has 3 aromatic rings. The van der Waals surface area contributed by atoms with Crippen molar-refractivity contribution in [3.8, 4) is 5.69 Å². The van der Waals surface area contributed by atoms with Gasteiger partial charge in [0.1, 0.15) is 5.82 Å². The standard InChI is InChI=1S/C16H16N6O/c1-12-17-18-15-11-20(9-10-21(12)15)16(23)14-7-8-22(19-14)13-5-3-2-4-6-13/h2-8H,9-11H2,1H3. The van der Waals surface area contributed by atoms with Crippen molar-refractivity contribution in [2.75, 3.05) is 6.54 Å². The van der Waals surface area contributed by atoms with E-state index in [9.17, 15) is 4.79 Å². The molecule has 116 valence electrons. The zero-order chi connectivity index (χ0) is 15.8. The van der Waals surface area contributed by atoms with Crippen molar-refractivity contribution in [3.63, 3.8) is 0 Å². The van der Waals surface area contributed by atoms with E-state index in [2.05, 4.69) is 15.3 Å². The molecule has 0 N–H and O–H groups in total. The molecule has 0 aliphatic carbocycles. The summed E-state index contributed by atoms with van der Waals surface area (Å²) in [5.41, 5.74) is 1.37. The average Bonchev–Trinajstić information content (AvgIpc) is 3.22. The summed E-state index contributed by atoms with van der Waals surface area (Å²) in [6, 6.07) is 11.5. The Morgan fingerprint density at radius 3 is 2.74 bits per heavy atom. The highest BCUT2D eigenvalue weighted by Gasteiger charge is 2.25. The molecule has 7 nitrogen and oxygen atoms in total. The summed E-state index contributed by atoms with van der Waals surface area (Å²) in [7, 11) is 0. The van der Waals surface area contributed by atoms with Gasteiger partial charge in [-0.25, -0.2) is 4.68 Å². The minimum atomic E-state index is -0.0772. The number of rotatable bonds is 2. The van der Waals surface area contributed by atoms with Crippen LogP contribution >= 0.6 is 0 Å². The molecule has 0 fully saturated rings. The van der Waals surface area contributed by atoms with Gasteiger partial charge in [0.15, 0.2) is 11.5 Å². The summed E-state index contributed by atoms with van der Waals surface area (Å²) >= 11 is 0. The largest absolute Gasteiger partial charge is 0.328 e. The lowest BCUT2D eigenvalue weighted by Crippen LogP contribution is -2.38. The second-order valence-corrected chi connectivity index (χ2v) is 5.52. The predicted octanol–water partition coefficient (Wildman–Crippen LogP) is 1.43. The minimum Gasteiger partial charge on any atom is -0.328 e. The number of hydrogen-bond donors (Lipinski definition) is 0. The second kappa shape index (κ2) is 5.35. The van der Waals surface area contributed by atoms with Gasteiger partial charge in [-0.05, 0) is 25.1 Å². The van der Waals surface area contributed by atoms with Gasteiger partial charge in [0.05, 0.1) is 12.2 Å². The minimum absolute atomic E-state index is 0.0772. The third-order valence-corrected chi connectivity index (χ3v) is 4.05. The summed E-state index contributed by atoms with van der Waals surface area (Å²) in [5.74, 6) is 1.64. The lowest BCUT2D eigenvalue weighted by Gasteiger charge is -2.26. The van der Waals surface area contributed by atoms with E-state index in [0.29, 0.717) is 18.8 Å². The van der Waals surface area contributed by atoms with E-state index in [1.807, 2.05) is 41.8 Å². The van der Waals surface area contributed by atoms with E-state index in [1.165, 1.54) is 0 Å². The summed E-state index contributed by atoms with van der Waals surface area (Å²) in [6.07, 6.45) is 1.80. The van der Waals surface area contributed by atoms with E-state index in [-0.39, 0.29) is 5.91 Å². The van der Waals surface area contributed by atoms with Gasteiger partial charge in [-0.3, -0.25) is 4.79 Å². The zero-order valence-corrected chi connectivity index (χ0v) is 12.8. The van der Waals surface area contributed by atoms with E-state index >= 15 is 0 Å². The quantitative estimate of drug-likeness (QED) is 0.718. The van der Waals surface area contributed by atoms with Crippen molar-refractivity contribution in [1.82, 2.24) is 29.4 Å². The highest BCUT2D eigenvalue weighted by Crippen LogP contribution is 2.15. The fourth-order valence-corrected chi connectivity index (χ4v) is 2.80. The van der Waals surface area contributed by atoms with Crippen molar-refractivity contribution in [2.24, 2.45) is 0 Å². The third-order valence-electron chi connectivity index (χ3n) is 4.05. The van der Waals surface area contributed by atoms with Crippen LogP contribution in [-0.2, 0) is 13.1 Å². The van der Waals surface area contributed by atoms with E-state index in [0.717, 1.165) is 23.9 Å². The number of carbonyl (C=O) groups excluding carboxylic acids is 1. The number of nitrogens with zero attached hydrogens (tertiary/aromatic N) is 6. The van der Waals surface area contributed by atoms with Gasteiger partial charge in [0, 0.05) is 19.3 Å². The smallest absolute Gasteiger partial charge is 0.274 e. The van der Waals surface area contributed by atoms with Crippen LogP contribution in [0.3, 0.4) is 0 Å². The lowest BCUT2D eigenvalue weighted by atomic mass is 10.3. The van der Waals surface area contributed by atoms with Gasteiger partial charge in [0.2, 0.25) is 0 Å². The summed E-state index contributed by atoms with van der Waals surface area (Å²) in [5, 5.41) is 12.6. The van der Waals surface area contributed by atoms with Gasteiger partial charge in [0.25, 0.3) is 5.91 Å². The molecule has 0 atom stereocenters. The molecule has 4 rings (SSSR count). The van der Waals surface area contributed by atoms with E-state index in [1.54, 1.807) is 21.8 Å². The van der Waals surface area contributed by atoms with Crippen LogP contribution in [0.1, 0.15) is 22.1 Å². The van der Waals surface area contributed by atoms with Gasteiger partial charge in [-0.1, -0.05) is 18.2 Å². The number of aromatic nitrogens is 5. The maximum atomic E-state index is 12.7. The topological polar surface area (TPSA) is 68.8 Å². The molecule has 3 heterocycles. The normalized spacial score (nSPS) is 13.9. The molecule has 23 heavy (non-hydrogen) atoms. The molecular formula is C16H16N6O. The molecule has 2 aromatic heterocycles. The first-order chi connectivity index (χ1) is 11.2. The van der Waals surface area contributed by atoms with Gasteiger partial charge in [-0.15, -0.1) is 10.2 Å². The van der Waals surface area contributed by atoms with Crippen molar-refractivity contribution in [2.45, 2.75) is 20.0 Å². The van der Waals surface area contributed by atoms with Crippen LogP contribution in [-0.4, -0.2) is 41.9 Å². The summed E-state index contributed by atoms with van der Waals surface area (Å²) in [4.78, 5) is 14.4. The van der Waals surface area contributed by atoms with Crippen LogP contribution < -0.4 is 0 Å². The lowest BCUT2D eigenvalue weighted by molar-refractivity contribution is 0.0700. The molecular weight excluding hydrogens is 292 g/mol. The van der Waals surface area contributed by atoms with E-state index in [4.69, 9.17) is 0 Å². The van der Waals surface area contributed by atoms with Gasteiger partial charge >= 0.3 is 0 Å². The predicted molar refractivity (Wildman–Crippen MR) is 83.1 cm³/mol. The highest BCUT2D eigenvalue weighted by atomic mass is 16.2. The molecule has 1 aromatic carbocycles. The molecule has 1 aliphatic rings. The van der Waals surface area contributed by atoms with Crippen molar-refractivity contribution in [3.05, 3.63) is 59.9 Å². The zero-order valence-electron chi connectivity index (χ0n) is 12.8. The van der Waals surface area contributed by atoms with Crippen LogP contribution in [0.25, 0.3) is 5.69 Å². The van der Waals surface area contributed by atoms with Gasteiger partial charge < -0.3 is 9.47 Å². The number of fused-ring (bicyclic) bond motifs is 1. The van der Waals surface area contributed by atoms with Crippen molar-refractivity contribution >= 4 is 5.91 Å². The number of para-hydroxylation sites is 1. The fraction of sp³-hybridized carbons (Fsp3) is 0.250. The number of amides is 1. The number of aryl methyl sites for hydroxylation is 1. The second-order valence-electron chi connectivity index (χ2n) is 5.52. The maximum Gasteiger partial charge on any atom is 0.274 e. The Balaban J connectivity index is 1.55. The first kappa shape index (κ1) is 13.7. The Kier molecular flexibility index (Phi) is 3.18. The molecule has 7 heteroatoms. The fourth-order valence-electron chi connectivity index (χ4n) is 2.80. The molecule has 0 spiro atoms.